The van der Waals surface area contributed by atoms with Crippen molar-refractivity contribution in [3.8, 4) is 5.69 Å². The molecule has 3 heteroatoms. The van der Waals surface area contributed by atoms with E-state index in [1.54, 1.807) is 0 Å². The van der Waals surface area contributed by atoms with Crippen molar-refractivity contribution in [1.29, 1.82) is 0 Å². The second kappa shape index (κ2) is 3.95. The van der Waals surface area contributed by atoms with Gasteiger partial charge in [0.05, 0.1) is 5.69 Å². The van der Waals surface area contributed by atoms with Gasteiger partial charge < -0.3 is 5.73 Å². The molecular weight excluding hydrogens is 222 g/mol. The maximum absolute atomic E-state index is 5.88. The maximum Gasteiger partial charge on any atom is 0.0680 e. The lowest BCUT2D eigenvalue weighted by Gasteiger charge is -2.10. The number of rotatable bonds is 3. The number of hydrogen-bond acceptors (Lipinski definition) is 2. The van der Waals surface area contributed by atoms with Crippen LogP contribution in [-0.4, -0.2) is 16.3 Å². The molecule has 0 bridgehead atoms. The fraction of sp³-hybridized carbons (Fsp3) is 0.400. The molecule has 1 fully saturated rings. The summed E-state index contributed by atoms with van der Waals surface area (Å²) in [5.74, 6) is 1.12. The van der Waals surface area contributed by atoms with Crippen molar-refractivity contribution in [2.75, 3.05) is 6.54 Å². The molecule has 2 atom stereocenters. The van der Waals surface area contributed by atoms with Crippen molar-refractivity contribution in [1.82, 2.24) is 9.78 Å². The second-order valence-electron chi connectivity index (χ2n) is 5.65. The Bertz CT molecular complexity index is 543. The SMILES string of the molecule is CC1(C)[C@@H](CN)[C@@H]1c1ccccc1-n1cccn1. The molecular formula is C15H19N3. The van der Waals surface area contributed by atoms with E-state index in [-0.39, 0.29) is 0 Å². The van der Waals surface area contributed by atoms with Crippen LogP contribution in [0.4, 0.5) is 0 Å². The minimum atomic E-state index is 0.304. The lowest BCUT2D eigenvalue weighted by molar-refractivity contribution is 0.558. The van der Waals surface area contributed by atoms with Gasteiger partial charge in [-0.25, -0.2) is 4.68 Å². The van der Waals surface area contributed by atoms with Crippen LogP contribution in [-0.2, 0) is 0 Å². The predicted octanol–water partition coefficient (Wildman–Crippen LogP) is 2.57. The van der Waals surface area contributed by atoms with E-state index >= 15 is 0 Å². The Labute approximate surface area is 108 Å². The summed E-state index contributed by atoms with van der Waals surface area (Å²) in [5, 5.41) is 4.34. The number of nitrogens with zero attached hydrogens (tertiary/aromatic N) is 2. The van der Waals surface area contributed by atoms with Crippen LogP contribution in [0.5, 0.6) is 0 Å². The van der Waals surface area contributed by atoms with Crippen LogP contribution in [0.3, 0.4) is 0 Å². The zero-order valence-corrected chi connectivity index (χ0v) is 10.9. The first-order valence-corrected chi connectivity index (χ1v) is 6.45. The molecule has 0 saturated heterocycles. The van der Waals surface area contributed by atoms with Gasteiger partial charge in [0.2, 0.25) is 0 Å². The highest BCUT2D eigenvalue weighted by Gasteiger charge is 2.57. The van der Waals surface area contributed by atoms with Gasteiger partial charge in [-0.3, -0.25) is 0 Å². The first-order valence-electron chi connectivity index (χ1n) is 6.45. The summed E-state index contributed by atoms with van der Waals surface area (Å²) in [5.41, 5.74) is 8.73. The third kappa shape index (κ3) is 1.58. The van der Waals surface area contributed by atoms with Crippen LogP contribution in [0.2, 0.25) is 0 Å². The average molecular weight is 241 g/mol. The third-order valence-corrected chi connectivity index (χ3v) is 4.33. The molecule has 1 heterocycles. The Hall–Kier alpha value is -1.61. The van der Waals surface area contributed by atoms with Crippen LogP contribution in [0.25, 0.3) is 5.69 Å². The van der Waals surface area contributed by atoms with E-state index in [4.69, 9.17) is 5.73 Å². The van der Waals surface area contributed by atoms with E-state index in [1.807, 2.05) is 23.1 Å². The van der Waals surface area contributed by atoms with Crippen molar-refractivity contribution < 1.29 is 0 Å². The normalized spacial score (nSPS) is 25.1. The Morgan fingerprint density at radius 1 is 1.28 bits per heavy atom. The van der Waals surface area contributed by atoms with Crippen molar-refractivity contribution >= 4 is 0 Å². The van der Waals surface area contributed by atoms with Gasteiger partial charge in [0.25, 0.3) is 0 Å². The first-order chi connectivity index (χ1) is 8.66. The molecule has 1 aromatic carbocycles. The van der Waals surface area contributed by atoms with Gasteiger partial charge in [-0.2, -0.15) is 5.10 Å². The molecule has 3 rings (SSSR count). The lowest BCUT2D eigenvalue weighted by Crippen LogP contribution is -2.05. The number of nitrogens with two attached hydrogens (primary N) is 1. The van der Waals surface area contributed by atoms with Crippen molar-refractivity contribution in [3.63, 3.8) is 0 Å². The van der Waals surface area contributed by atoms with Gasteiger partial charge in [0, 0.05) is 12.4 Å². The van der Waals surface area contributed by atoms with E-state index < -0.39 is 0 Å². The molecule has 1 aliphatic rings. The van der Waals surface area contributed by atoms with Gasteiger partial charge in [0.15, 0.2) is 0 Å². The molecule has 0 amide bonds. The number of para-hydroxylation sites is 1. The highest BCUT2D eigenvalue weighted by atomic mass is 15.3. The van der Waals surface area contributed by atoms with Gasteiger partial charge in [-0.05, 0) is 41.5 Å². The fourth-order valence-corrected chi connectivity index (χ4v) is 3.17. The van der Waals surface area contributed by atoms with Crippen LogP contribution < -0.4 is 5.73 Å². The van der Waals surface area contributed by atoms with Gasteiger partial charge in [-0.1, -0.05) is 32.0 Å². The van der Waals surface area contributed by atoms with Crippen LogP contribution in [0.1, 0.15) is 25.3 Å². The lowest BCUT2D eigenvalue weighted by atomic mass is 10.0. The molecule has 0 radical (unpaired) electrons. The number of benzene rings is 1. The zero-order chi connectivity index (χ0) is 12.8. The van der Waals surface area contributed by atoms with Crippen LogP contribution >= 0.6 is 0 Å². The summed E-state index contributed by atoms with van der Waals surface area (Å²) in [4.78, 5) is 0. The molecule has 18 heavy (non-hydrogen) atoms. The Morgan fingerprint density at radius 2 is 2.06 bits per heavy atom. The van der Waals surface area contributed by atoms with Gasteiger partial charge in [-0.15, -0.1) is 0 Å². The van der Waals surface area contributed by atoms with Crippen molar-refractivity contribution in [2.24, 2.45) is 17.1 Å². The highest BCUT2D eigenvalue weighted by Crippen LogP contribution is 2.64. The fourth-order valence-electron chi connectivity index (χ4n) is 3.17. The molecule has 1 saturated carbocycles. The largest absolute Gasteiger partial charge is 0.330 e. The smallest absolute Gasteiger partial charge is 0.0680 e. The molecule has 3 nitrogen and oxygen atoms in total. The van der Waals surface area contributed by atoms with E-state index in [2.05, 4.69) is 43.2 Å². The summed E-state index contributed by atoms with van der Waals surface area (Å²) < 4.78 is 1.94. The molecule has 2 aromatic rings. The molecule has 0 spiro atoms. The summed E-state index contributed by atoms with van der Waals surface area (Å²) >= 11 is 0. The molecule has 0 unspecified atom stereocenters. The molecule has 0 aliphatic heterocycles. The van der Waals surface area contributed by atoms with E-state index in [9.17, 15) is 0 Å². The maximum atomic E-state index is 5.88. The first kappa shape index (κ1) is 11.5. The summed E-state index contributed by atoms with van der Waals surface area (Å²) in [6, 6.07) is 10.5. The Kier molecular flexibility index (Phi) is 2.52. The standard InChI is InChI=1S/C15H19N3/c1-15(2)12(10-16)14(15)11-6-3-4-7-13(11)18-9-5-8-17-18/h3-9,12,14H,10,16H2,1-2H3/t12-,14-/m0/s1. The second-order valence-corrected chi connectivity index (χ2v) is 5.65. The summed E-state index contributed by atoms with van der Waals surface area (Å²) in [6.45, 7) is 5.36. The molecule has 1 aliphatic carbocycles. The van der Waals surface area contributed by atoms with Gasteiger partial charge in [0.1, 0.15) is 0 Å². The highest BCUT2D eigenvalue weighted by molar-refractivity contribution is 5.47. The number of aromatic nitrogens is 2. The topological polar surface area (TPSA) is 43.8 Å². The average Bonchev–Trinajstić information content (AvgIpc) is 2.76. The predicted molar refractivity (Wildman–Crippen MR) is 72.6 cm³/mol. The quantitative estimate of drug-likeness (QED) is 0.897. The molecule has 2 N–H and O–H groups in total. The van der Waals surface area contributed by atoms with Gasteiger partial charge >= 0.3 is 0 Å². The van der Waals surface area contributed by atoms with Crippen LogP contribution in [0, 0.1) is 11.3 Å². The summed E-state index contributed by atoms with van der Waals surface area (Å²) in [7, 11) is 0. The Balaban J connectivity index is 2.04. The van der Waals surface area contributed by atoms with E-state index in [0.29, 0.717) is 17.3 Å². The Morgan fingerprint density at radius 3 is 2.67 bits per heavy atom. The minimum Gasteiger partial charge on any atom is -0.330 e. The number of hydrogen-bond donors (Lipinski definition) is 1. The zero-order valence-electron chi connectivity index (χ0n) is 10.9. The van der Waals surface area contributed by atoms with E-state index in [1.165, 1.54) is 11.3 Å². The van der Waals surface area contributed by atoms with Crippen molar-refractivity contribution in [2.45, 2.75) is 19.8 Å². The summed E-state index contributed by atoms with van der Waals surface area (Å²) in [6.07, 6.45) is 3.81. The monoisotopic (exact) mass is 241 g/mol. The van der Waals surface area contributed by atoms with Crippen molar-refractivity contribution in [3.05, 3.63) is 48.3 Å². The van der Waals surface area contributed by atoms with Crippen LogP contribution in [0.15, 0.2) is 42.7 Å². The third-order valence-electron chi connectivity index (χ3n) is 4.33. The molecule has 1 aromatic heterocycles. The minimum absolute atomic E-state index is 0.304. The molecule has 94 valence electrons. The van der Waals surface area contributed by atoms with E-state index in [0.717, 1.165) is 6.54 Å².